The number of aromatic nitrogens is 3. The van der Waals surface area contributed by atoms with Crippen molar-refractivity contribution in [3.8, 4) is 33.8 Å². The topological polar surface area (TPSA) is 77.9 Å². The number of benzene rings is 4. The maximum atomic E-state index is 10.7. The Bertz CT molecular complexity index is 2650. The number of hydrogen-bond acceptors (Lipinski definition) is 2. The molecule has 2 aliphatic heterocycles. The van der Waals surface area contributed by atoms with E-state index in [1.807, 2.05) is 0 Å². The number of pyridine rings is 2. The molecule has 5 heterocycles. The van der Waals surface area contributed by atoms with Crippen LogP contribution in [0.4, 0.5) is 13.2 Å². The second-order valence-corrected chi connectivity index (χ2v) is 14.8. The Morgan fingerprint density at radius 2 is 1.40 bits per heavy atom. The van der Waals surface area contributed by atoms with Gasteiger partial charge in [0.2, 0.25) is 16.9 Å². The van der Waals surface area contributed by atoms with Gasteiger partial charge in [0.25, 0.3) is 0 Å². The van der Waals surface area contributed by atoms with Crippen molar-refractivity contribution in [2.24, 2.45) is 0 Å². The summed E-state index contributed by atoms with van der Waals surface area (Å²) in [4.78, 5) is 3.73. The average molecular weight is 732 g/mol. The Balaban J connectivity index is 0.000000452. The summed E-state index contributed by atoms with van der Waals surface area (Å²) >= 11 is 0. The second kappa shape index (κ2) is 13.8. The minimum atomic E-state index is -5.84. The van der Waals surface area contributed by atoms with E-state index in [4.69, 9.17) is 13.0 Å². The van der Waals surface area contributed by atoms with Crippen LogP contribution in [0.1, 0.15) is 35.1 Å². The molecule has 53 heavy (non-hydrogen) atoms. The Labute approximate surface area is 305 Å². The highest BCUT2D eigenvalue weighted by molar-refractivity contribution is 7.86. The molecule has 4 aromatic carbocycles. The number of aryl methyl sites for hydroxylation is 4. The number of rotatable bonds is 3. The number of hydrogen-bond donors (Lipinski definition) is 2. The molecule has 7 aromatic rings. The zero-order chi connectivity index (χ0) is 36.7. The van der Waals surface area contributed by atoms with Crippen molar-refractivity contribution >= 4 is 44.1 Å². The summed E-state index contributed by atoms with van der Waals surface area (Å²) in [5.41, 5.74) is 10.2. The van der Waals surface area contributed by atoms with Crippen LogP contribution < -0.4 is 9.13 Å². The van der Waals surface area contributed by atoms with E-state index in [9.17, 15) is 13.2 Å². The van der Waals surface area contributed by atoms with Crippen molar-refractivity contribution in [2.45, 2.75) is 44.3 Å². The minimum absolute atomic E-state index is 0.998. The molecule has 0 bridgehead atoms. The summed E-state index contributed by atoms with van der Waals surface area (Å²) in [6, 6.07) is 42.3. The highest BCUT2D eigenvalue weighted by Gasteiger charge is 2.44. The largest absolute Gasteiger partial charge is 0.522 e. The number of fused-ring (bicyclic) bond motifs is 10. The molecular formula is C43H36F3N3O3S+2. The van der Waals surface area contributed by atoms with Crippen LogP contribution in [-0.4, -0.2) is 23.5 Å². The van der Waals surface area contributed by atoms with Gasteiger partial charge in [0, 0.05) is 58.5 Å². The van der Waals surface area contributed by atoms with Gasteiger partial charge >= 0.3 is 15.6 Å². The minimum Gasteiger partial charge on any atom is -0.354 e. The lowest BCUT2D eigenvalue weighted by atomic mass is 9.87. The van der Waals surface area contributed by atoms with E-state index >= 15 is 0 Å². The first kappa shape index (κ1) is 34.5. The van der Waals surface area contributed by atoms with Gasteiger partial charge in [0.1, 0.15) is 13.1 Å². The number of nitrogens with zero attached hydrogens (tertiary/aromatic N) is 2. The fraction of sp³-hybridized carbons (Fsp3) is 0.163. The Hall–Kier alpha value is -5.58. The molecule has 0 amide bonds. The van der Waals surface area contributed by atoms with Gasteiger partial charge in [-0.3, -0.25) is 4.55 Å². The summed E-state index contributed by atoms with van der Waals surface area (Å²) < 4.78 is 62.6. The summed E-state index contributed by atoms with van der Waals surface area (Å²) in [6.45, 7) is 2.05. The molecule has 2 aliphatic rings. The number of H-pyrrole nitrogens is 1. The van der Waals surface area contributed by atoms with E-state index in [1.54, 1.807) is 0 Å². The first-order chi connectivity index (χ1) is 25.6. The quantitative estimate of drug-likeness (QED) is 0.108. The number of halogens is 3. The highest BCUT2D eigenvalue weighted by atomic mass is 32.2. The van der Waals surface area contributed by atoms with E-state index in [-0.39, 0.29) is 0 Å². The molecule has 0 unspecified atom stereocenters. The maximum Gasteiger partial charge on any atom is 0.522 e. The molecule has 266 valence electrons. The molecule has 0 saturated carbocycles. The molecule has 3 aromatic heterocycles. The van der Waals surface area contributed by atoms with Crippen LogP contribution in [0, 0.1) is 0 Å². The fourth-order valence-electron chi connectivity index (χ4n) is 7.78. The lowest BCUT2D eigenvalue weighted by molar-refractivity contribution is -0.686. The molecule has 0 spiro atoms. The normalized spacial score (nSPS) is 14.0. The van der Waals surface area contributed by atoms with Gasteiger partial charge in [-0.1, -0.05) is 78.9 Å². The fourth-order valence-corrected chi connectivity index (χ4v) is 7.78. The van der Waals surface area contributed by atoms with Crippen LogP contribution in [0.3, 0.4) is 0 Å². The first-order valence-electron chi connectivity index (χ1n) is 17.6. The number of para-hydroxylation sites is 2. The Morgan fingerprint density at radius 3 is 2.17 bits per heavy atom. The van der Waals surface area contributed by atoms with Gasteiger partial charge in [-0.05, 0) is 59.9 Å². The first-order valence-corrected chi connectivity index (χ1v) is 19.0. The van der Waals surface area contributed by atoms with Crippen molar-refractivity contribution in [1.29, 1.82) is 0 Å². The average Bonchev–Trinajstić information content (AvgIpc) is 3.27. The molecule has 0 radical (unpaired) electrons. The SMILES string of the molecule is C(=C\c1c(-c2ccccc2)[nH]c2ccccc12)/c1cc2ccccc2[n+]2c1-c1c(ccc3c1-c1cccc[n+]1CCC3)CCC2.O=S(=O)(O)C(F)(F)F. The van der Waals surface area contributed by atoms with Gasteiger partial charge in [-0.2, -0.15) is 30.7 Å². The third-order valence-electron chi connectivity index (χ3n) is 10.1. The summed E-state index contributed by atoms with van der Waals surface area (Å²) in [7, 11) is -5.84. The molecule has 0 aliphatic carbocycles. The molecule has 0 atom stereocenters. The van der Waals surface area contributed by atoms with Crippen molar-refractivity contribution in [1.82, 2.24) is 4.98 Å². The predicted octanol–water partition coefficient (Wildman–Crippen LogP) is 9.35. The molecule has 0 fully saturated rings. The molecule has 10 heteroatoms. The van der Waals surface area contributed by atoms with E-state index < -0.39 is 15.6 Å². The van der Waals surface area contributed by atoms with Crippen molar-refractivity contribution < 1.29 is 35.3 Å². The van der Waals surface area contributed by atoms with Gasteiger partial charge < -0.3 is 4.98 Å². The second-order valence-electron chi connectivity index (χ2n) is 13.4. The van der Waals surface area contributed by atoms with E-state index in [0.29, 0.717) is 0 Å². The number of alkyl halides is 3. The summed E-state index contributed by atoms with van der Waals surface area (Å²) in [6.07, 6.45) is 11.4. The van der Waals surface area contributed by atoms with Gasteiger partial charge in [0.05, 0.1) is 16.8 Å². The lowest BCUT2D eigenvalue weighted by Gasteiger charge is -2.16. The molecule has 6 nitrogen and oxygen atoms in total. The summed E-state index contributed by atoms with van der Waals surface area (Å²) in [5, 5.41) is 2.52. The third kappa shape index (κ3) is 6.53. The van der Waals surface area contributed by atoms with Crippen molar-refractivity contribution in [3.63, 3.8) is 0 Å². The van der Waals surface area contributed by atoms with Crippen LogP contribution in [-0.2, 0) is 36.0 Å². The molecule has 0 saturated heterocycles. The predicted molar refractivity (Wildman–Crippen MR) is 202 cm³/mol. The van der Waals surface area contributed by atoms with E-state index in [0.717, 1.165) is 50.0 Å². The Morgan fingerprint density at radius 1 is 0.736 bits per heavy atom. The molecular weight excluding hydrogens is 696 g/mol. The van der Waals surface area contributed by atoms with Gasteiger partial charge in [-0.25, -0.2) is 0 Å². The Kier molecular flexibility index (Phi) is 8.96. The maximum absolute atomic E-state index is 10.7. The molecule has 2 N–H and O–H groups in total. The van der Waals surface area contributed by atoms with Gasteiger partial charge in [-0.15, -0.1) is 0 Å². The number of aromatic amines is 1. The zero-order valence-electron chi connectivity index (χ0n) is 28.6. The van der Waals surface area contributed by atoms with Crippen molar-refractivity contribution in [3.05, 3.63) is 144 Å². The van der Waals surface area contributed by atoms with E-state index in [1.165, 1.54) is 66.6 Å². The third-order valence-corrected chi connectivity index (χ3v) is 10.7. The monoisotopic (exact) mass is 731 g/mol. The van der Waals surface area contributed by atoms with Crippen LogP contribution in [0.2, 0.25) is 0 Å². The van der Waals surface area contributed by atoms with Crippen LogP contribution in [0.15, 0.2) is 121 Å². The van der Waals surface area contributed by atoms with E-state index in [2.05, 4.69) is 148 Å². The van der Waals surface area contributed by atoms with Gasteiger partial charge in [0.15, 0.2) is 6.20 Å². The van der Waals surface area contributed by atoms with Crippen LogP contribution in [0.25, 0.3) is 67.7 Å². The zero-order valence-corrected chi connectivity index (χ0v) is 29.5. The lowest BCUT2D eigenvalue weighted by Crippen LogP contribution is -2.38. The number of nitrogens with one attached hydrogen (secondary N) is 1. The standard InChI is InChI=1S/C42H34N3.CHF3O3S/c1-2-12-31(13-3-1)41-35(34-17-5-6-18-36(34)43-41)24-23-33-28-32-14-4-7-19-37(32)45-27-11-16-30-22-21-29-15-10-26-44-25-9-8-20-38(44)39(29)40(30)42(33)45;2-1(3,4)8(5,6)7/h1-9,12-14,17-25,28H,10-11,15-16,26-27H2;(H,5,6,7)/q+1;/p+1. The van der Waals surface area contributed by atoms with Crippen molar-refractivity contribution in [2.75, 3.05) is 0 Å². The molecule has 9 rings (SSSR count). The van der Waals surface area contributed by atoms with Crippen LogP contribution >= 0.6 is 0 Å². The summed E-state index contributed by atoms with van der Waals surface area (Å²) in [5.74, 6) is 0. The smallest absolute Gasteiger partial charge is 0.354 e. The van der Waals surface area contributed by atoms with Crippen LogP contribution in [0.5, 0.6) is 0 Å². The highest BCUT2D eigenvalue weighted by Crippen LogP contribution is 2.41.